The number of carbonyl (C=O) groups excluding carboxylic acids is 1. The minimum absolute atomic E-state index is 0.149. The van der Waals surface area contributed by atoms with Crippen LogP contribution in [0.2, 0.25) is 0 Å². The van der Waals surface area contributed by atoms with Crippen LogP contribution in [0.15, 0.2) is 6.20 Å². The first-order valence-electron chi connectivity index (χ1n) is 6.41. The van der Waals surface area contributed by atoms with Crippen LogP contribution in [-0.4, -0.2) is 38.8 Å². The molecule has 1 aromatic rings. The number of hydrogen-bond donors (Lipinski definition) is 2. The average Bonchev–Trinajstić information content (AvgIpc) is 2.85. The second kappa shape index (κ2) is 5.16. The molecule has 0 spiro atoms. The molecule has 2 rings (SSSR count). The molecule has 0 aromatic carbocycles. The van der Waals surface area contributed by atoms with Crippen LogP contribution in [-0.2, 0) is 18.3 Å². The summed E-state index contributed by atoms with van der Waals surface area (Å²) < 4.78 is 6.93. The van der Waals surface area contributed by atoms with E-state index in [0.29, 0.717) is 12.6 Å². The van der Waals surface area contributed by atoms with Crippen LogP contribution in [0.25, 0.3) is 0 Å². The van der Waals surface area contributed by atoms with Crippen LogP contribution in [0.3, 0.4) is 0 Å². The molecule has 106 valence electrons. The fourth-order valence-corrected chi connectivity index (χ4v) is 1.75. The van der Waals surface area contributed by atoms with Crippen LogP contribution < -0.4 is 10.6 Å². The maximum absolute atomic E-state index is 11.6. The van der Waals surface area contributed by atoms with Gasteiger partial charge in [-0.3, -0.25) is 4.68 Å². The Balaban J connectivity index is 1.68. The van der Waals surface area contributed by atoms with Gasteiger partial charge in [0.05, 0.1) is 11.9 Å². The van der Waals surface area contributed by atoms with Crippen molar-refractivity contribution < 1.29 is 9.53 Å². The standard InChI is InChI=1S/C12H21N5O2/c1-12(2,3)19-11(18)15-10-5-9(10)13-6-8-7-14-16-17(8)4/h7,9-10,13H,5-6H2,1-4H3,(H,15,18). The molecule has 1 fully saturated rings. The number of aryl methyl sites for hydroxylation is 1. The van der Waals surface area contributed by atoms with Crippen molar-refractivity contribution in [3.63, 3.8) is 0 Å². The minimum atomic E-state index is -0.456. The highest BCUT2D eigenvalue weighted by Gasteiger charge is 2.38. The number of hydrogen-bond acceptors (Lipinski definition) is 5. The SMILES string of the molecule is Cn1nncc1CNC1CC1NC(=O)OC(C)(C)C. The Morgan fingerprint density at radius 1 is 1.53 bits per heavy atom. The Kier molecular flexibility index (Phi) is 3.75. The molecule has 1 amide bonds. The first-order valence-corrected chi connectivity index (χ1v) is 6.41. The Morgan fingerprint density at radius 2 is 2.26 bits per heavy atom. The maximum atomic E-state index is 11.6. The van der Waals surface area contributed by atoms with Crippen molar-refractivity contribution in [3.05, 3.63) is 11.9 Å². The summed E-state index contributed by atoms with van der Waals surface area (Å²) in [4.78, 5) is 11.6. The van der Waals surface area contributed by atoms with E-state index in [0.717, 1.165) is 12.1 Å². The van der Waals surface area contributed by atoms with Crippen LogP contribution in [0.5, 0.6) is 0 Å². The molecular weight excluding hydrogens is 246 g/mol. The van der Waals surface area contributed by atoms with Crippen molar-refractivity contribution in [3.8, 4) is 0 Å². The number of nitrogens with one attached hydrogen (secondary N) is 2. The van der Waals surface area contributed by atoms with Gasteiger partial charge in [0.25, 0.3) is 0 Å². The summed E-state index contributed by atoms with van der Waals surface area (Å²) in [5.74, 6) is 0. The Labute approximate surface area is 112 Å². The Morgan fingerprint density at radius 3 is 2.84 bits per heavy atom. The summed E-state index contributed by atoms with van der Waals surface area (Å²) in [5.41, 5.74) is 0.561. The zero-order valence-electron chi connectivity index (χ0n) is 11.8. The highest BCUT2D eigenvalue weighted by molar-refractivity contribution is 5.68. The van der Waals surface area contributed by atoms with E-state index in [2.05, 4.69) is 20.9 Å². The fourth-order valence-electron chi connectivity index (χ4n) is 1.75. The van der Waals surface area contributed by atoms with E-state index in [9.17, 15) is 4.79 Å². The van der Waals surface area contributed by atoms with Gasteiger partial charge in [0.1, 0.15) is 5.60 Å². The highest BCUT2D eigenvalue weighted by atomic mass is 16.6. The number of ether oxygens (including phenoxy) is 1. The van der Waals surface area contributed by atoms with Gasteiger partial charge in [-0.15, -0.1) is 5.10 Å². The molecule has 1 heterocycles. The van der Waals surface area contributed by atoms with Gasteiger partial charge >= 0.3 is 6.09 Å². The Bertz CT molecular complexity index is 451. The summed E-state index contributed by atoms with van der Waals surface area (Å²) in [6.07, 6.45) is 2.29. The molecule has 1 saturated carbocycles. The van der Waals surface area contributed by atoms with Crippen LogP contribution in [0.4, 0.5) is 4.79 Å². The molecular formula is C12H21N5O2. The van der Waals surface area contributed by atoms with Crippen molar-refractivity contribution in [1.29, 1.82) is 0 Å². The second-order valence-corrected chi connectivity index (χ2v) is 5.82. The van der Waals surface area contributed by atoms with Gasteiger partial charge < -0.3 is 15.4 Å². The predicted molar refractivity (Wildman–Crippen MR) is 69.4 cm³/mol. The number of nitrogens with zero attached hydrogens (tertiary/aromatic N) is 3. The summed E-state index contributed by atoms with van der Waals surface area (Å²) >= 11 is 0. The largest absolute Gasteiger partial charge is 0.444 e. The molecule has 2 N–H and O–H groups in total. The topological polar surface area (TPSA) is 81.1 Å². The lowest BCUT2D eigenvalue weighted by Gasteiger charge is -2.19. The molecule has 0 bridgehead atoms. The number of rotatable bonds is 4. The molecule has 7 nitrogen and oxygen atoms in total. The first-order chi connectivity index (χ1) is 8.85. The maximum Gasteiger partial charge on any atom is 0.407 e. The molecule has 1 aromatic heterocycles. The van der Waals surface area contributed by atoms with E-state index in [4.69, 9.17) is 4.74 Å². The van der Waals surface area contributed by atoms with Gasteiger partial charge in [0, 0.05) is 25.7 Å². The predicted octanol–water partition coefficient (Wildman–Crippen LogP) is 0.570. The lowest BCUT2D eigenvalue weighted by Crippen LogP contribution is -2.36. The minimum Gasteiger partial charge on any atom is -0.444 e. The third-order valence-corrected chi connectivity index (χ3v) is 2.85. The number of alkyl carbamates (subject to hydrolysis) is 1. The number of amides is 1. The highest BCUT2D eigenvalue weighted by Crippen LogP contribution is 2.22. The quantitative estimate of drug-likeness (QED) is 0.833. The van der Waals surface area contributed by atoms with Crippen LogP contribution in [0.1, 0.15) is 32.9 Å². The summed E-state index contributed by atoms with van der Waals surface area (Å²) in [5, 5.41) is 13.9. The molecule has 1 aliphatic carbocycles. The van der Waals surface area contributed by atoms with Crippen molar-refractivity contribution >= 4 is 6.09 Å². The number of aromatic nitrogens is 3. The average molecular weight is 267 g/mol. The molecule has 0 radical (unpaired) electrons. The van der Waals surface area contributed by atoms with E-state index in [1.54, 1.807) is 10.9 Å². The van der Waals surface area contributed by atoms with Crippen molar-refractivity contribution in [2.45, 2.75) is 51.4 Å². The van der Waals surface area contributed by atoms with Crippen molar-refractivity contribution in [2.24, 2.45) is 7.05 Å². The smallest absolute Gasteiger partial charge is 0.407 e. The Hall–Kier alpha value is -1.63. The van der Waals surface area contributed by atoms with E-state index in [-0.39, 0.29) is 12.1 Å². The normalized spacial score (nSPS) is 22.1. The lowest BCUT2D eigenvalue weighted by molar-refractivity contribution is 0.0522. The van der Waals surface area contributed by atoms with Gasteiger partial charge in [-0.2, -0.15) is 0 Å². The van der Waals surface area contributed by atoms with E-state index in [1.807, 2.05) is 27.8 Å². The molecule has 2 atom stereocenters. The summed E-state index contributed by atoms with van der Waals surface area (Å²) in [7, 11) is 1.85. The lowest BCUT2D eigenvalue weighted by atomic mass is 10.2. The molecule has 19 heavy (non-hydrogen) atoms. The van der Waals surface area contributed by atoms with E-state index in [1.165, 1.54) is 0 Å². The van der Waals surface area contributed by atoms with Gasteiger partial charge in [-0.1, -0.05) is 5.21 Å². The monoisotopic (exact) mass is 267 g/mol. The van der Waals surface area contributed by atoms with Gasteiger partial charge in [-0.05, 0) is 27.2 Å². The van der Waals surface area contributed by atoms with Gasteiger partial charge in [-0.25, -0.2) is 4.79 Å². The third-order valence-electron chi connectivity index (χ3n) is 2.85. The molecule has 2 unspecified atom stereocenters. The van der Waals surface area contributed by atoms with Crippen LogP contribution in [0, 0.1) is 0 Å². The molecule has 7 heteroatoms. The van der Waals surface area contributed by atoms with Crippen molar-refractivity contribution in [1.82, 2.24) is 25.6 Å². The first kappa shape index (κ1) is 13.8. The van der Waals surface area contributed by atoms with Gasteiger partial charge in [0.15, 0.2) is 0 Å². The number of carbonyl (C=O) groups is 1. The zero-order chi connectivity index (χ0) is 14.0. The molecule has 0 aliphatic heterocycles. The summed E-state index contributed by atoms with van der Waals surface area (Å²) in [6.45, 7) is 6.25. The zero-order valence-corrected chi connectivity index (χ0v) is 11.8. The van der Waals surface area contributed by atoms with Crippen molar-refractivity contribution in [2.75, 3.05) is 0 Å². The van der Waals surface area contributed by atoms with E-state index >= 15 is 0 Å². The van der Waals surface area contributed by atoms with Gasteiger partial charge in [0.2, 0.25) is 0 Å². The third kappa shape index (κ3) is 4.20. The van der Waals surface area contributed by atoms with E-state index < -0.39 is 5.60 Å². The fraction of sp³-hybridized carbons (Fsp3) is 0.750. The summed E-state index contributed by atoms with van der Waals surface area (Å²) in [6, 6.07) is 0.443. The molecule has 1 aliphatic rings. The molecule has 0 saturated heterocycles. The van der Waals surface area contributed by atoms with Crippen LogP contribution >= 0.6 is 0 Å². The second-order valence-electron chi connectivity index (χ2n) is 5.82.